The van der Waals surface area contributed by atoms with Crippen molar-refractivity contribution in [3.8, 4) is 0 Å². The van der Waals surface area contributed by atoms with Crippen LogP contribution in [0.4, 0.5) is 0 Å². The van der Waals surface area contributed by atoms with E-state index in [1.54, 1.807) is 10.6 Å². The molecule has 0 aromatic carbocycles. The quantitative estimate of drug-likeness (QED) is 0.814. The molecule has 0 atom stereocenters. The zero-order valence-corrected chi connectivity index (χ0v) is 11.5. The summed E-state index contributed by atoms with van der Waals surface area (Å²) in [7, 11) is 1.72. The molecule has 1 aliphatic rings. The summed E-state index contributed by atoms with van der Waals surface area (Å²) in [6.07, 6.45) is 4.71. The minimum atomic E-state index is -3.77. The zero-order chi connectivity index (χ0) is 12.9. The summed E-state index contributed by atoms with van der Waals surface area (Å²) < 4.78 is 24.8. The second-order valence-electron chi connectivity index (χ2n) is 4.62. The first-order chi connectivity index (χ1) is 8.50. The minimum absolute atomic E-state index is 0.101. The molecule has 0 N–H and O–H groups in total. The van der Waals surface area contributed by atoms with Crippen LogP contribution in [0.15, 0.2) is 23.4 Å². The fourth-order valence-corrected chi connectivity index (χ4v) is 3.60. The second-order valence-corrected chi connectivity index (χ2v) is 7.10. The first kappa shape index (κ1) is 12.0. The summed E-state index contributed by atoms with van der Waals surface area (Å²) >= 11 is 0. The van der Waals surface area contributed by atoms with E-state index in [0.29, 0.717) is 23.7 Å². The number of imidazole rings is 1. The molecule has 0 bridgehead atoms. The Morgan fingerprint density at radius 3 is 2.78 bits per heavy atom. The standard InChI is InChI=1S/C12H13ClN2O2S/c1-2-10-12(18(13,16)17)15-6-5-9(8-3-4-8)7-11(15)14-10/h5-8H,2-4H2,1H3. The Kier molecular flexibility index (Phi) is 2.64. The van der Waals surface area contributed by atoms with Crippen molar-refractivity contribution < 1.29 is 8.42 Å². The highest BCUT2D eigenvalue weighted by Gasteiger charge is 2.26. The number of rotatable bonds is 3. The van der Waals surface area contributed by atoms with Gasteiger partial charge in [0, 0.05) is 16.9 Å². The Bertz CT molecular complexity index is 717. The van der Waals surface area contributed by atoms with Gasteiger partial charge in [0.05, 0.1) is 5.69 Å². The van der Waals surface area contributed by atoms with Gasteiger partial charge in [-0.05, 0) is 42.9 Å². The molecule has 0 radical (unpaired) electrons. The van der Waals surface area contributed by atoms with E-state index in [4.69, 9.17) is 10.7 Å². The van der Waals surface area contributed by atoms with E-state index in [2.05, 4.69) is 4.98 Å². The molecule has 0 spiro atoms. The first-order valence-corrected chi connectivity index (χ1v) is 8.27. The van der Waals surface area contributed by atoms with E-state index in [1.807, 2.05) is 19.1 Å². The van der Waals surface area contributed by atoms with Crippen molar-refractivity contribution in [1.29, 1.82) is 0 Å². The van der Waals surface area contributed by atoms with Gasteiger partial charge in [0.1, 0.15) is 5.65 Å². The lowest BCUT2D eigenvalue weighted by Gasteiger charge is -2.01. The molecule has 2 aromatic rings. The Morgan fingerprint density at radius 1 is 1.50 bits per heavy atom. The molecule has 3 rings (SSSR count). The molecule has 1 saturated carbocycles. The average Bonchev–Trinajstić information content (AvgIpc) is 3.06. The monoisotopic (exact) mass is 284 g/mol. The van der Waals surface area contributed by atoms with E-state index >= 15 is 0 Å². The summed E-state index contributed by atoms with van der Waals surface area (Å²) in [6, 6.07) is 3.92. The maximum atomic E-state index is 11.6. The smallest absolute Gasteiger partial charge is 0.279 e. The first-order valence-electron chi connectivity index (χ1n) is 5.96. The lowest BCUT2D eigenvalue weighted by Crippen LogP contribution is -2.00. The highest BCUT2D eigenvalue weighted by molar-refractivity contribution is 8.13. The van der Waals surface area contributed by atoms with Gasteiger partial charge in [-0.1, -0.05) is 6.92 Å². The molecular weight excluding hydrogens is 272 g/mol. The van der Waals surface area contributed by atoms with Gasteiger partial charge >= 0.3 is 0 Å². The van der Waals surface area contributed by atoms with Crippen LogP contribution in [0.5, 0.6) is 0 Å². The number of nitrogens with zero attached hydrogens (tertiary/aromatic N) is 2. The van der Waals surface area contributed by atoms with Crippen LogP contribution in [0.2, 0.25) is 0 Å². The van der Waals surface area contributed by atoms with Crippen molar-refractivity contribution in [2.75, 3.05) is 0 Å². The Labute approximate surface area is 110 Å². The summed E-state index contributed by atoms with van der Waals surface area (Å²) in [5, 5.41) is 0.101. The molecule has 96 valence electrons. The lowest BCUT2D eigenvalue weighted by atomic mass is 10.2. The number of pyridine rings is 1. The topological polar surface area (TPSA) is 51.4 Å². The van der Waals surface area contributed by atoms with Crippen molar-refractivity contribution in [3.05, 3.63) is 29.6 Å². The Morgan fingerprint density at radius 2 is 2.22 bits per heavy atom. The molecule has 0 unspecified atom stereocenters. The third kappa shape index (κ3) is 1.91. The summed E-state index contributed by atoms with van der Waals surface area (Å²) in [4.78, 5) is 4.37. The molecule has 2 heterocycles. The number of hydrogen-bond acceptors (Lipinski definition) is 3. The van der Waals surface area contributed by atoms with Crippen LogP contribution in [0, 0.1) is 0 Å². The second kappa shape index (κ2) is 3.96. The molecule has 0 saturated heterocycles. The molecule has 1 aliphatic carbocycles. The van der Waals surface area contributed by atoms with Crippen molar-refractivity contribution in [2.45, 2.75) is 37.1 Å². The van der Waals surface area contributed by atoms with Gasteiger partial charge in [0.25, 0.3) is 9.05 Å². The Hall–Kier alpha value is -1.07. The van der Waals surface area contributed by atoms with E-state index in [-0.39, 0.29) is 5.03 Å². The van der Waals surface area contributed by atoms with Crippen molar-refractivity contribution in [1.82, 2.24) is 9.38 Å². The zero-order valence-electron chi connectivity index (χ0n) is 9.93. The minimum Gasteiger partial charge on any atom is -0.289 e. The SMILES string of the molecule is CCc1nc2cc(C3CC3)ccn2c1S(=O)(=O)Cl. The van der Waals surface area contributed by atoms with Crippen LogP contribution in [0.3, 0.4) is 0 Å². The van der Waals surface area contributed by atoms with Crippen LogP contribution < -0.4 is 0 Å². The number of hydrogen-bond donors (Lipinski definition) is 0. The van der Waals surface area contributed by atoms with Crippen molar-refractivity contribution in [2.24, 2.45) is 0 Å². The summed E-state index contributed by atoms with van der Waals surface area (Å²) in [6.45, 7) is 1.87. The molecule has 6 heteroatoms. The van der Waals surface area contributed by atoms with Crippen LogP contribution in [-0.4, -0.2) is 17.8 Å². The third-order valence-corrected chi connectivity index (χ3v) is 4.62. The molecule has 1 fully saturated rings. The molecule has 2 aromatic heterocycles. The predicted octanol–water partition coefficient (Wildman–Crippen LogP) is 2.70. The van der Waals surface area contributed by atoms with Crippen LogP contribution >= 0.6 is 10.7 Å². The number of fused-ring (bicyclic) bond motifs is 1. The van der Waals surface area contributed by atoms with Gasteiger partial charge in [-0.25, -0.2) is 13.4 Å². The number of aromatic nitrogens is 2. The largest absolute Gasteiger partial charge is 0.289 e. The number of aryl methyl sites for hydroxylation is 1. The molecule has 0 amide bonds. The van der Waals surface area contributed by atoms with E-state index < -0.39 is 9.05 Å². The van der Waals surface area contributed by atoms with E-state index in [9.17, 15) is 8.42 Å². The molecular formula is C12H13ClN2O2S. The van der Waals surface area contributed by atoms with Gasteiger partial charge in [-0.3, -0.25) is 4.40 Å². The van der Waals surface area contributed by atoms with Gasteiger partial charge in [-0.2, -0.15) is 0 Å². The van der Waals surface area contributed by atoms with Crippen molar-refractivity contribution >= 4 is 25.4 Å². The molecule has 4 nitrogen and oxygen atoms in total. The molecule has 0 aliphatic heterocycles. The fraction of sp³-hybridized carbons (Fsp3) is 0.417. The highest BCUT2D eigenvalue weighted by atomic mass is 35.7. The van der Waals surface area contributed by atoms with Crippen LogP contribution in [0.25, 0.3) is 5.65 Å². The van der Waals surface area contributed by atoms with Gasteiger partial charge in [0.2, 0.25) is 0 Å². The predicted molar refractivity (Wildman–Crippen MR) is 69.6 cm³/mol. The maximum Gasteiger partial charge on any atom is 0.279 e. The summed E-state index contributed by atoms with van der Waals surface area (Å²) in [5.74, 6) is 0.618. The normalized spacial score (nSPS) is 16.3. The van der Waals surface area contributed by atoms with Gasteiger partial charge in [-0.15, -0.1) is 0 Å². The lowest BCUT2D eigenvalue weighted by molar-refractivity contribution is 0.603. The number of halogens is 1. The summed E-state index contributed by atoms with van der Waals surface area (Å²) in [5.41, 5.74) is 2.42. The maximum absolute atomic E-state index is 11.6. The van der Waals surface area contributed by atoms with Gasteiger partial charge < -0.3 is 0 Å². The van der Waals surface area contributed by atoms with E-state index in [1.165, 1.54) is 18.4 Å². The van der Waals surface area contributed by atoms with Gasteiger partial charge in [0.15, 0.2) is 5.03 Å². The van der Waals surface area contributed by atoms with E-state index in [0.717, 1.165) is 0 Å². The highest BCUT2D eigenvalue weighted by Crippen LogP contribution is 2.40. The third-order valence-electron chi connectivity index (χ3n) is 3.29. The average molecular weight is 285 g/mol. The Balaban J connectivity index is 2.27. The fourth-order valence-electron chi connectivity index (χ4n) is 2.25. The molecule has 18 heavy (non-hydrogen) atoms. The van der Waals surface area contributed by atoms with Crippen LogP contribution in [-0.2, 0) is 15.5 Å². The van der Waals surface area contributed by atoms with Crippen LogP contribution in [0.1, 0.15) is 36.9 Å². The van der Waals surface area contributed by atoms with Crippen molar-refractivity contribution in [3.63, 3.8) is 0 Å².